The Morgan fingerprint density at radius 3 is 2.72 bits per heavy atom. The molecule has 2 N–H and O–H groups in total. The Morgan fingerprint density at radius 1 is 1.25 bits per heavy atom. The Bertz CT molecular complexity index is 837. The number of unbranched alkanes of at least 4 members (excludes halogenated alkanes) is 1. The summed E-state index contributed by atoms with van der Waals surface area (Å²) in [5.74, 6) is 0.896. The molecule has 6 nitrogen and oxygen atoms in total. The number of imidazole rings is 1. The molecular formula is C23H35F2IN6. The van der Waals surface area contributed by atoms with E-state index in [1.165, 1.54) is 18.2 Å². The fourth-order valence-corrected chi connectivity index (χ4v) is 3.96. The van der Waals surface area contributed by atoms with Crippen LogP contribution in [0.1, 0.15) is 44.0 Å². The molecule has 1 aromatic carbocycles. The lowest BCUT2D eigenvalue weighted by molar-refractivity contribution is 0.188. The lowest BCUT2D eigenvalue weighted by Crippen LogP contribution is -2.51. The van der Waals surface area contributed by atoms with E-state index < -0.39 is 11.6 Å². The zero-order valence-electron chi connectivity index (χ0n) is 19.0. The van der Waals surface area contributed by atoms with Crippen LogP contribution in [0.4, 0.5) is 8.78 Å². The highest BCUT2D eigenvalue weighted by Crippen LogP contribution is 2.18. The maximum absolute atomic E-state index is 14.0. The summed E-state index contributed by atoms with van der Waals surface area (Å²) in [5, 5.41) is 6.82. The number of hydrogen-bond acceptors (Lipinski definition) is 3. The van der Waals surface area contributed by atoms with E-state index in [2.05, 4.69) is 25.1 Å². The van der Waals surface area contributed by atoms with Crippen LogP contribution in [-0.2, 0) is 13.1 Å². The zero-order chi connectivity index (χ0) is 22.1. The number of nitrogens with one attached hydrogen (secondary N) is 2. The van der Waals surface area contributed by atoms with Crippen molar-refractivity contribution in [3.05, 3.63) is 53.6 Å². The van der Waals surface area contributed by atoms with Crippen LogP contribution in [0.3, 0.4) is 0 Å². The molecule has 0 bridgehead atoms. The highest BCUT2D eigenvalue weighted by molar-refractivity contribution is 14.0. The lowest BCUT2D eigenvalue weighted by atomic mass is 10.0. The normalized spacial score (nSPS) is 17.1. The molecule has 1 unspecified atom stereocenters. The Labute approximate surface area is 206 Å². The highest BCUT2D eigenvalue weighted by Gasteiger charge is 2.22. The minimum Gasteiger partial charge on any atom is -0.357 e. The van der Waals surface area contributed by atoms with Crippen LogP contribution in [0.25, 0.3) is 0 Å². The van der Waals surface area contributed by atoms with Crippen molar-refractivity contribution >= 4 is 29.9 Å². The summed E-state index contributed by atoms with van der Waals surface area (Å²) in [6.45, 7) is 8.42. The average molecular weight is 560 g/mol. The largest absolute Gasteiger partial charge is 0.357 e. The number of hydrogen-bond donors (Lipinski definition) is 2. The third-order valence-corrected chi connectivity index (χ3v) is 5.63. The minimum absolute atomic E-state index is 0. The summed E-state index contributed by atoms with van der Waals surface area (Å²) >= 11 is 0. The highest BCUT2D eigenvalue weighted by atomic mass is 127. The van der Waals surface area contributed by atoms with Crippen molar-refractivity contribution in [3.63, 3.8) is 0 Å². The number of benzene rings is 1. The molecule has 1 fully saturated rings. The van der Waals surface area contributed by atoms with E-state index in [4.69, 9.17) is 4.99 Å². The Morgan fingerprint density at radius 2 is 2.03 bits per heavy atom. The second kappa shape index (κ2) is 13.7. The van der Waals surface area contributed by atoms with Gasteiger partial charge in [0.1, 0.15) is 17.5 Å². The van der Waals surface area contributed by atoms with Gasteiger partial charge in [0.25, 0.3) is 0 Å². The molecule has 2 heterocycles. The van der Waals surface area contributed by atoms with Crippen molar-refractivity contribution in [3.8, 4) is 0 Å². The van der Waals surface area contributed by atoms with Crippen LogP contribution >= 0.6 is 24.0 Å². The number of aryl methyl sites for hydroxylation is 2. The molecule has 0 aliphatic carbocycles. The smallest absolute Gasteiger partial charge is 0.191 e. The van der Waals surface area contributed by atoms with Crippen molar-refractivity contribution in [2.24, 2.45) is 4.99 Å². The van der Waals surface area contributed by atoms with Gasteiger partial charge in [-0.05, 0) is 58.2 Å². The van der Waals surface area contributed by atoms with Gasteiger partial charge < -0.3 is 15.2 Å². The third-order valence-electron chi connectivity index (χ3n) is 5.63. The molecule has 9 heteroatoms. The molecule has 1 aliphatic heterocycles. The summed E-state index contributed by atoms with van der Waals surface area (Å²) < 4.78 is 30.2. The number of piperidine rings is 1. The van der Waals surface area contributed by atoms with Crippen LogP contribution in [0.2, 0.25) is 0 Å². The molecule has 0 radical (unpaired) electrons. The van der Waals surface area contributed by atoms with Gasteiger partial charge >= 0.3 is 0 Å². The predicted molar refractivity (Wildman–Crippen MR) is 135 cm³/mol. The van der Waals surface area contributed by atoms with Gasteiger partial charge in [-0.3, -0.25) is 9.89 Å². The van der Waals surface area contributed by atoms with Crippen LogP contribution in [0, 0.1) is 18.6 Å². The van der Waals surface area contributed by atoms with Crippen LogP contribution in [0.15, 0.2) is 35.6 Å². The summed E-state index contributed by atoms with van der Waals surface area (Å²) in [5.41, 5.74) is 0.150. The maximum Gasteiger partial charge on any atom is 0.191 e. The number of rotatable bonds is 9. The molecule has 1 saturated heterocycles. The van der Waals surface area contributed by atoms with Gasteiger partial charge in [-0.15, -0.1) is 24.0 Å². The maximum atomic E-state index is 14.0. The van der Waals surface area contributed by atoms with E-state index in [0.29, 0.717) is 0 Å². The van der Waals surface area contributed by atoms with Gasteiger partial charge in [0, 0.05) is 56.7 Å². The molecule has 0 amide bonds. The van der Waals surface area contributed by atoms with E-state index in [1.807, 2.05) is 26.2 Å². The molecular weight excluding hydrogens is 525 g/mol. The Kier molecular flexibility index (Phi) is 11.4. The van der Waals surface area contributed by atoms with Gasteiger partial charge in [0.2, 0.25) is 0 Å². The van der Waals surface area contributed by atoms with Gasteiger partial charge in [-0.1, -0.05) is 6.07 Å². The molecule has 2 aromatic rings. The topological polar surface area (TPSA) is 57.5 Å². The standard InChI is InChI=1S/C23H34F2N6.HI/c1-3-26-23(28-11-4-5-14-31-15-12-27-18(31)2)29-19-8-7-13-30(16-19)17-20-21(24)9-6-10-22(20)25;/h6,9-10,12,15,19H,3-5,7-8,11,13-14,16-17H2,1-2H3,(H2,26,28,29);1H. The number of aromatic nitrogens is 2. The first kappa shape index (κ1) is 26.5. The fourth-order valence-electron chi connectivity index (χ4n) is 3.96. The fraction of sp³-hybridized carbons (Fsp3) is 0.565. The van der Waals surface area contributed by atoms with Crippen molar-refractivity contribution < 1.29 is 8.78 Å². The number of guanidine groups is 1. The predicted octanol–water partition coefficient (Wildman–Crippen LogP) is 4.09. The van der Waals surface area contributed by atoms with E-state index in [-0.39, 0.29) is 42.1 Å². The monoisotopic (exact) mass is 560 g/mol. The number of nitrogens with zero attached hydrogens (tertiary/aromatic N) is 4. The number of halogens is 3. The molecule has 1 atom stereocenters. The van der Waals surface area contributed by atoms with Gasteiger partial charge in [0.15, 0.2) is 5.96 Å². The zero-order valence-corrected chi connectivity index (χ0v) is 21.3. The van der Waals surface area contributed by atoms with Crippen LogP contribution in [-0.4, -0.2) is 52.6 Å². The van der Waals surface area contributed by atoms with Crippen molar-refractivity contribution in [2.45, 2.75) is 58.7 Å². The second-order valence-corrected chi connectivity index (χ2v) is 8.05. The SMILES string of the molecule is CCNC(=NCCCCn1ccnc1C)NC1CCCN(Cc2c(F)cccc2F)C1.I. The molecule has 1 aromatic heterocycles. The molecule has 0 saturated carbocycles. The first-order valence-electron chi connectivity index (χ1n) is 11.2. The van der Waals surface area contributed by atoms with Gasteiger partial charge in [-0.2, -0.15) is 0 Å². The number of aliphatic imine (C=N–C) groups is 1. The van der Waals surface area contributed by atoms with Crippen molar-refractivity contribution in [1.29, 1.82) is 0 Å². The van der Waals surface area contributed by atoms with Gasteiger partial charge in [-0.25, -0.2) is 13.8 Å². The quantitative estimate of drug-likeness (QED) is 0.210. The second-order valence-electron chi connectivity index (χ2n) is 8.05. The lowest BCUT2D eigenvalue weighted by Gasteiger charge is -2.34. The van der Waals surface area contributed by atoms with Crippen molar-refractivity contribution in [2.75, 3.05) is 26.2 Å². The summed E-state index contributed by atoms with van der Waals surface area (Å²) in [6, 6.07) is 4.25. The Hall–Kier alpha value is -1.75. The van der Waals surface area contributed by atoms with E-state index >= 15 is 0 Å². The molecule has 3 rings (SSSR count). The summed E-state index contributed by atoms with van der Waals surface area (Å²) in [4.78, 5) is 11.1. The summed E-state index contributed by atoms with van der Waals surface area (Å²) in [7, 11) is 0. The van der Waals surface area contributed by atoms with E-state index in [1.54, 1.807) is 0 Å². The first-order chi connectivity index (χ1) is 15.1. The summed E-state index contributed by atoms with van der Waals surface area (Å²) in [6.07, 6.45) is 7.88. The number of likely N-dealkylation sites (tertiary alicyclic amines) is 1. The third kappa shape index (κ3) is 7.99. The average Bonchev–Trinajstić information content (AvgIpc) is 3.16. The van der Waals surface area contributed by atoms with Gasteiger partial charge in [0.05, 0.1) is 0 Å². The Balaban J connectivity index is 0.00000363. The molecule has 0 spiro atoms. The molecule has 1 aliphatic rings. The van der Waals surface area contributed by atoms with E-state index in [0.717, 1.165) is 70.2 Å². The van der Waals surface area contributed by atoms with Crippen molar-refractivity contribution in [1.82, 2.24) is 25.1 Å². The van der Waals surface area contributed by atoms with Crippen LogP contribution in [0.5, 0.6) is 0 Å². The molecule has 32 heavy (non-hydrogen) atoms. The van der Waals surface area contributed by atoms with Crippen LogP contribution < -0.4 is 10.6 Å². The van der Waals surface area contributed by atoms with E-state index in [9.17, 15) is 8.78 Å². The first-order valence-corrected chi connectivity index (χ1v) is 11.2. The minimum atomic E-state index is -0.476. The molecule has 178 valence electrons.